The third kappa shape index (κ3) is 4.17. The third-order valence-corrected chi connectivity index (χ3v) is 1.81. The van der Waals surface area contributed by atoms with Gasteiger partial charge in [0.1, 0.15) is 5.75 Å². The van der Waals surface area contributed by atoms with Gasteiger partial charge in [0, 0.05) is 5.69 Å². The fraction of sp³-hybridized carbons (Fsp3) is 0.308. The second-order valence-corrected chi connectivity index (χ2v) is 3.68. The molecule has 1 aromatic carbocycles. The maximum Gasteiger partial charge on any atom is 0.248 e. The molecule has 0 aliphatic heterocycles. The Labute approximate surface area is 96.1 Å². The van der Waals surface area contributed by atoms with Crippen LogP contribution in [0.15, 0.2) is 36.4 Å². The molecule has 86 valence electrons. The Bertz CT molecular complexity index is 366. The second kappa shape index (κ2) is 5.95. The van der Waals surface area contributed by atoms with Crippen LogP contribution in [0, 0.1) is 0 Å². The average Bonchev–Trinajstić information content (AvgIpc) is 2.20. The first-order valence-electron chi connectivity index (χ1n) is 5.32. The molecule has 0 radical (unpaired) electrons. The molecule has 3 heteroatoms. The molecule has 0 saturated heterocycles. The van der Waals surface area contributed by atoms with Crippen LogP contribution in [0.1, 0.15) is 20.8 Å². The first kappa shape index (κ1) is 12.3. The van der Waals surface area contributed by atoms with Gasteiger partial charge in [-0.15, -0.1) is 0 Å². The summed E-state index contributed by atoms with van der Waals surface area (Å²) >= 11 is 0. The van der Waals surface area contributed by atoms with E-state index in [9.17, 15) is 4.79 Å². The van der Waals surface area contributed by atoms with Gasteiger partial charge in [-0.3, -0.25) is 4.79 Å². The molecule has 0 unspecified atom stereocenters. The summed E-state index contributed by atoms with van der Waals surface area (Å²) < 4.78 is 5.49. The monoisotopic (exact) mass is 219 g/mol. The molecule has 3 nitrogen and oxygen atoms in total. The highest BCUT2D eigenvalue weighted by atomic mass is 16.5. The van der Waals surface area contributed by atoms with Crippen LogP contribution in [-0.4, -0.2) is 12.0 Å². The number of hydrogen-bond donors (Lipinski definition) is 1. The van der Waals surface area contributed by atoms with Crippen molar-refractivity contribution in [2.45, 2.75) is 26.9 Å². The van der Waals surface area contributed by atoms with Crippen molar-refractivity contribution < 1.29 is 9.53 Å². The largest absolute Gasteiger partial charge is 0.491 e. The molecular formula is C13H17NO2. The zero-order valence-corrected chi connectivity index (χ0v) is 9.86. The zero-order chi connectivity index (χ0) is 12.0. The molecule has 1 aromatic rings. The van der Waals surface area contributed by atoms with Crippen LogP contribution in [0.2, 0.25) is 0 Å². The van der Waals surface area contributed by atoms with Gasteiger partial charge in [-0.05, 0) is 51.1 Å². The van der Waals surface area contributed by atoms with Gasteiger partial charge in [0.15, 0.2) is 0 Å². The van der Waals surface area contributed by atoms with Crippen molar-refractivity contribution in [3.8, 4) is 5.75 Å². The molecular weight excluding hydrogens is 202 g/mol. The molecule has 0 bridgehead atoms. The number of ether oxygens (including phenoxy) is 1. The number of carbonyl (C=O) groups is 1. The second-order valence-electron chi connectivity index (χ2n) is 3.68. The first-order valence-corrected chi connectivity index (χ1v) is 5.32. The number of benzene rings is 1. The minimum atomic E-state index is -0.125. The Hall–Kier alpha value is -1.77. The first-order chi connectivity index (χ1) is 7.61. The normalized spacial score (nSPS) is 10.8. The van der Waals surface area contributed by atoms with E-state index in [0.717, 1.165) is 11.4 Å². The van der Waals surface area contributed by atoms with E-state index in [4.69, 9.17) is 4.74 Å². The Balaban J connectivity index is 2.61. The summed E-state index contributed by atoms with van der Waals surface area (Å²) in [6, 6.07) is 7.31. The molecule has 0 fully saturated rings. The lowest BCUT2D eigenvalue weighted by Crippen LogP contribution is -2.08. The minimum absolute atomic E-state index is 0.125. The molecule has 0 aliphatic carbocycles. The molecule has 0 saturated carbocycles. The number of anilines is 1. The van der Waals surface area contributed by atoms with Crippen LogP contribution in [-0.2, 0) is 4.79 Å². The standard InChI is InChI=1S/C13H17NO2/c1-4-5-13(15)14-11-6-8-12(9-7-11)16-10(2)3/h4-10H,1-3H3,(H,14,15). The van der Waals surface area contributed by atoms with E-state index in [2.05, 4.69) is 5.32 Å². The third-order valence-electron chi connectivity index (χ3n) is 1.81. The number of amides is 1. The number of nitrogens with one attached hydrogen (secondary N) is 1. The van der Waals surface area contributed by atoms with E-state index in [1.54, 1.807) is 13.0 Å². The lowest BCUT2D eigenvalue weighted by atomic mass is 10.3. The molecule has 0 heterocycles. The van der Waals surface area contributed by atoms with Crippen molar-refractivity contribution in [3.05, 3.63) is 36.4 Å². The molecule has 0 aliphatic rings. The average molecular weight is 219 g/mol. The molecule has 0 aromatic heterocycles. The Morgan fingerprint density at radius 3 is 2.44 bits per heavy atom. The van der Waals surface area contributed by atoms with Gasteiger partial charge in [0.05, 0.1) is 6.10 Å². The van der Waals surface area contributed by atoms with Crippen LogP contribution in [0.25, 0.3) is 0 Å². The van der Waals surface area contributed by atoms with Crippen molar-refractivity contribution in [1.82, 2.24) is 0 Å². The fourth-order valence-corrected chi connectivity index (χ4v) is 1.22. The summed E-state index contributed by atoms with van der Waals surface area (Å²) in [7, 11) is 0. The minimum Gasteiger partial charge on any atom is -0.491 e. The smallest absolute Gasteiger partial charge is 0.248 e. The Morgan fingerprint density at radius 1 is 1.31 bits per heavy atom. The number of allylic oxidation sites excluding steroid dienone is 1. The van der Waals surface area contributed by atoms with E-state index >= 15 is 0 Å². The molecule has 0 atom stereocenters. The van der Waals surface area contributed by atoms with Gasteiger partial charge in [-0.25, -0.2) is 0 Å². The Kier molecular flexibility index (Phi) is 4.58. The maximum atomic E-state index is 11.2. The van der Waals surface area contributed by atoms with E-state index in [-0.39, 0.29) is 12.0 Å². The van der Waals surface area contributed by atoms with E-state index in [1.807, 2.05) is 38.1 Å². The molecule has 1 rings (SSSR count). The van der Waals surface area contributed by atoms with Gasteiger partial charge in [0.25, 0.3) is 0 Å². The molecule has 1 amide bonds. The van der Waals surface area contributed by atoms with Crippen molar-refractivity contribution >= 4 is 11.6 Å². The summed E-state index contributed by atoms with van der Waals surface area (Å²) in [6.45, 7) is 5.75. The van der Waals surface area contributed by atoms with Crippen LogP contribution in [0.4, 0.5) is 5.69 Å². The SMILES string of the molecule is CC=CC(=O)Nc1ccc(OC(C)C)cc1. The van der Waals surface area contributed by atoms with Crippen LogP contribution in [0.3, 0.4) is 0 Å². The van der Waals surface area contributed by atoms with Crippen LogP contribution < -0.4 is 10.1 Å². The topological polar surface area (TPSA) is 38.3 Å². The quantitative estimate of drug-likeness (QED) is 0.790. The van der Waals surface area contributed by atoms with Crippen molar-refractivity contribution in [3.63, 3.8) is 0 Å². The Morgan fingerprint density at radius 2 is 1.94 bits per heavy atom. The number of hydrogen-bond acceptors (Lipinski definition) is 2. The van der Waals surface area contributed by atoms with Gasteiger partial charge in [-0.2, -0.15) is 0 Å². The molecule has 16 heavy (non-hydrogen) atoms. The van der Waals surface area contributed by atoms with Crippen molar-refractivity contribution in [1.29, 1.82) is 0 Å². The lowest BCUT2D eigenvalue weighted by molar-refractivity contribution is -0.111. The van der Waals surface area contributed by atoms with E-state index in [1.165, 1.54) is 6.08 Å². The van der Waals surface area contributed by atoms with Crippen molar-refractivity contribution in [2.24, 2.45) is 0 Å². The predicted octanol–water partition coefficient (Wildman–Crippen LogP) is 2.99. The van der Waals surface area contributed by atoms with Crippen molar-refractivity contribution in [2.75, 3.05) is 5.32 Å². The van der Waals surface area contributed by atoms with Gasteiger partial charge >= 0.3 is 0 Å². The highest BCUT2D eigenvalue weighted by Gasteiger charge is 1.99. The van der Waals surface area contributed by atoms with Crippen LogP contribution >= 0.6 is 0 Å². The lowest BCUT2D eigenvalue weighted by Gasteiger charge is -2.10. The summed E-state index contributed by atoms with van der Waals surface area (Å²) in [5, 5.41) is 2.74. The number of rotatable bonds is 4. The number of carbonyl (C=O) groups excluding carboxylic acids is 1. The highest BCUT2D eigenvalue weighted by molar-refractivity contribution is 5.99. The summed E-state index contributed by atoms with van der Waals surface area (Å²) in [5.41, 5.74) is 0.763. The maximum absolute atomic E-state index is 11.2. The molecule has 0 spiro atoms. The van der Waals surface area contributed by atoms with Gasteiger partial charge in [0.2, 0.25) is 5.91 Å². The molecule has 1 N–H and O–H groups in total. The van der Waals surface area contributed by atoms with E-state index in [0.29, 0.717) is 0 Å². The highest BCUT2D eigenvalue weighted by Crippen LogP contribution is 2.16. The van der Waals surface area contributed by atoms with Gasteiger partial charge in [-0.1, -0.05) is 6.08 Å². The summed E-state index contributed by atoms with van der Waals surface area (Å²) in [4.78, 5) is 11.2. The summed E-state index contributed by atoms with van der Waals surface area (Å²) in [5.74, 6) is 0.680. The summed E-state index contributed by atoms with van der Waals surface area (Å²) in [6.07, 6.45) is 3.34. The predicted molar refractivity (Wildman–Crippen MR) is 65.6 cm³/mol. The van der Waals surface area contributed by atoms with E-state index < -0.39 is 0 Å². The van der Waals surface area contributed by atoms with Crippen LogP contribution in [0.5, 0.6) is 5.75 Å². The fourth-order valence-electron chi connectivity index (χ4n) is 1.22. The van der Waals surface area contributed by atoms with Gasteiger partial charge < -0.3 is 10.1 Å². The zero-order valence-electron chi connectivity index (χ0n) is 9.86.